The molecule has 0 aromatic heterocycles. The van der Waals surface area contributed by atoms with Crippen molar-refractivity contribution in [1.82, 2.24) is 10.6 Å². The highest BCUT2D eigenvalue weighted by Crippen LogP contribution is 2.27. The lowest BCUT2D eigenvalue weighted by Crippen LogP contribution is -2.51. The molecular formula is C14H26N2O3. The minimum atomic E-state index is -0.563. The Morgan fingerprint density at radius 2 is 2.00 bits per heavy atom. The Labute approximate surface area is 115 Å². The predicted molar refractivity (Wildman–Crippen MR) is 73.7 cm³/mol. The molecule has 5 heteroatoms. The van der Waals surface area contributed by atoms with Crippen LogP contribution in [0.25, 0.3) is 0 Å². The number of hydrogen-bond acceptors (Lipinski definition) is 3. The van der Waals surface area contributed by atoms with Crippen molar-refractivity contribution in [3.8, 4) is 0 Å². The van der Waals surface area contributed by atoms with Crippen molar-refractivity contribution in [2.24, 2.45) is 11.8 Å². The Morgan fingerprint density at radius 3 is 2.47 bits per heavy atom. The van der Waals surface area contributed by atoms with Crippen molar-refractivity contribution in [1.29, 1.82) is 0 Å². The second-order valence-corrected chi connectivity index (χ2v) is 5.65. The smallest absolute Gasteiger partial charge is 0.407 e. The van der Waals surface area contributed by atoms with Crippen LogP contribution in [-0.2, 0) is 9.53 Å². The lowest BCUT2D eigenvalue weighted by molar-refractivity contribution is -0.124. The van der Waals surface area contributed by atoms with E-state index >= 15 is 0 Å². The molecule has 1 aliphatic carbocycles. The number of nitrogens with one attached hydrogen (secondary N) is 2. The van der Waals surface area contributed by atoms with Crippen LogP contribution in [0.4, 0.5) is 4.79 Å². The van der Waals surface area contributed by atoms with Crippen LogP contribution < -0.4 is 10.6 Å². The molecule has 0 spiro atoms. The van der Waals surface area contributed by atoms with Crippen LogP contribution >= 0.6 is 0 Å². The fourth-order valence-electron chi connectivity index (χ4n) is 2.59. The first-order valence-corrected chi connectivity index (χ1v) is 7.12. The van der Waals surface area contributed by atoms with Crippen molar-refractivity contribution in [2.45, 2.75) is 58.5 Å². The molecule has 2 unspecified atom stereocenters. The Morgan fingerprint density at radius 1 is 1.32 bits per heavy atom. The maximum Gasteiger partial charge on any atom is 0.407 e. The largest absolute Gasteiger partial charge is 0.453 e. The van der Waals surface area contributed by atoms with Crippen LogP contribution in [0.2, 0.25) is 0 Å². The van der Waals surface area contributed by atoms with E-state index in [1.807, 2.05) is 13.8 Å². The fourth-order valence-corrected chi connectivity index (χ4v) is 2.59. The number of carbonyl (C=O) groups excluding carboxylic acids is 2. The highest BCUT2D eigenvalue weighted by atomic mass is 16.5. The van der Waals surface area contributed by atoms with Gasteiger partial charge in [-0.25, -0.2) is 4.79 Å². The number of hydrogen-bond donors (Lipinski definition) is 2. The van der Waals surface area contributed by atoms with Gasteiger partial charge in [0.25, 0.3) is 0 Å². The van der Waals surface area contributed by atoms with E-state index in [0.717, 1.165) is 18.8 Å². The molecule has 5 nitrogen and oxygen atoms in total. The summed E-state index contributed by atoms with van der Waals surface area (Å²) in [7, 11) is 1.30. The van der Waals surface area contributed by atoms with Crippen LogP contribution in [0.5, 0.6) is 0 Å². The molecule has 2 amide bonds. The van der Waals surface area contributed by atoms with E-state index in [4.69, 9.17) is 0 Å². The minimum absolute atomic E-state index is 0.0301. The molecule has 3 atom stereocenters. The van der Waals surface area contributed by atoms with E-state index in [1.54, 1.807) is 0 Å². The second kappa shape index (κ2) is 7.36. The summed E-state index contributed by atoms with van der Waals surface area (Å²) >= 11 is 0. The van der Waals surface area contributed by atoms with E-state index in [9.17, 15) is 9.59 Å². The molecule has 1 saturated carbocycles. The molecule has 19 heavy (non-hydrogen) atoms. The van der Waals surface area contributed by atoms with Crippen LogP contribution in [0.3, 0.4) is 0 Å². The first kappa shape index (κ1) is 15.8. The van der Waals surface area contributed by atoms with Crippen LogP contribution in [0.15, 0.2) is 0 Å². The van der Waals surface area contributed by atoms with Gasteiger partial charge in [-0.15, -0.1) is 0 Å². The molecule has 0 aromatic carbocycles. The van der Waals surface area contributed by atoms with Gasteiger partial charge in [0.2, 0.25) is 5.91 Å². The highest BCUT2D eigenvalue weighted by Gasteiger charge is 2.29. The van der Waals surface area contributed by atoms with E-state index in [-0.39, 0.29) is 17.9 Å². The number of carbonyl (C=O) groups is 2. The molecule has 2 N–H and O–H groups in total. The SMILES string of the molecule is CCC1CC[C@@H](NC(=O)C(NC(=O)OC)C(C)C)C1. The van der Waals surface area contributed by atoms with Crippen molar-refractivity contribution in [2.75, 3.05) is 7.11 Å². The summed E-state index contributed by atoms with van der Waals surface area (Å²) < 4.78 is 4.56. The standard InChI is InChI=1S/C14H26N2O3/c1-5-10-6-7-11(8-10)15-13(17)12(9(2)3)16-14(18)19-4/h9-12H,5-8H2,1-4H3,(H,15,17)(H,16,18)/t10?,11-,12?/m1/s1. The van der Waals surface area contributed by atoms with E-state index < -0.39 is 12.1 Å². The molecule has 0 aromatic rings. The predicted octanol–water partition coefficient (Wildman–Crippen LogP) is 2.06. The van der Waals surface area contributed by atoms with Gasteiger partial charge < -0.3 is 15.4 Å². The quantitative estimate of drug-likeness (QED) is 0.803. The van der Waals surface area contributed by atoms with Gasteiger partial charge in [0.1, 0.15) is 6.04 Å². The van der Waals surface area contributed by atoms with E-state index in [1.165, 1.54) is 20.0 Å². The summed E-state index contributed by atoms with van der Waals surface area (Å²) in [6, 6.07) is -0.286. The van der Waals surface area contributed by atoms with Gasteiger partial charge in [-0.1, -0.05) is 27.2 Å². The van der Waals surface area contributed by atoms with Gasteiger partial charge in [-0.3, -0.25) is 4.79 Å². The molecular weight excluding hydrogens is 244 g/mol. The normalized spacial score (nSPS) is 24.1. The Bertz CT molecular complexity index is 318. The first-order valence-electron chi connectivity index (χ1n) is 7.12. The molecule has 0 aliphatic heterocycles. The zero-order chi connectivity index (χ0) is 14.4. The third kappa shape index (κ3) is 4.73. The van der Waals surface area contributed by atoms with Crippen LogP contribution in [0.1, 0.15) is 46.5 Å². The lowest BCUT2D eigenvalue weighted by Gasteiger charge is -2.23. The lowest BCUT2D eigenvalue weighted by atomic mass is 10.0. The fraction of sp³-hybridized carbons (Fsp3) is 0.857. The molecule has 110 valence electrons. The summed E-state index contributed by atoms with van der Waals surface area (Å²) in [5.41, 5.74) is 0. The summed E-state index contributed by atoms with van der Waals surface area (Å²) in [4.78, 5) is 23.5. The van der Waals surface area contributed by atoms with Crippen molar-refractivity contribution in [3.05, 3.63) is 0 Å². The number of alkyl carbamates (subject to hydrolysis) is 1. The number of rotatable bonds is 5. The topological polar surface area (TPSA) is 67.4 Å². The van der Waals surface area contributed by atoms with Crippen LogP contribution in [-0.4, -0.2) is 31.2 Å². The monoisotopic (exact) mass is 270 g/mol. The van der Waals surface area contributed by atoms with Crippen molar-refractivity contribution >= 4 is 12.0 Å². The molecule has 0 heterocycles. The zero-order valence-electron chi connectivity index (χ0n) is 12.4. The van der Waals surface area contributed by atoms with Gasteiger partial charge >= 0.3 is 6.09 Å². The molecule has 0 bridgehead atoms. The molecule has 0 saturated heterocycles. The van der Waals surface area contributed by atoms with Gasteiger partial charge in [0, 0.05) is 6.04 Å². The molecule has 1 aliphatic rings. The maximum absolute atomic E-state index is 12.2. The third-order valence-corrected chi connectivity index (χ3v) is 3.87. The Hall–Kier alpha value is -1.26. The van der Waals surface area contributed by atoms with Crippen molar-refractivity contribution in [3.63, 3.8) is 0 Å². The number of amides is 2. The van der Waals surface area contributed by atoms with Crippen molar-refractivity contribution < 1.29 is 14.3 Å². The van der Waals surface area contributed by atoms with Gasteiger partial charge in [-0.05, 0) is 31.1 Å². The summed E-state index contributed by atoms with van der Waals surface area (Å²) in [6.45, 7) is 6.00. The van der Waals surface area contributed by atoms with Crippen LogP contribution in [0, 0.1) is 11.8 Å². The summed E-state index contributed by atoms with van der Waals surface area (Å²) in [5, 5.41) is 5.64. The number of methoxy groups -OCH3 is 1. The van der Waals surface area contributed by atoms with Gasteiger partial charge in [0.15, 0.2) is 0 Å². The van der Waals surface area contributed by atoms with E-state index in [2.05, 4.69) is 22.3 Å². The summed E-state index contributed by atoms with van der Waals surface area (Å²) in [6.07, 6.45) is 3.86. The molecule has 0 radical (unpaired) electrons. The summed E-state index contributed by atoms with van der Waals surface area (Å²) in [5.74, 6) is 0.640. The Kier molecular flexibility index (Phi) is 6.12. The zero-order valence-corrected chi connectivity index (χ0v) is 12.4. The van der Waals surface area contributed by atoms with E-state index in [0.29, 0.717) is 0 Å². The van der Waals surface area contributed by atoms with Gasteiger partial charge in [-0.2, -0.15) is 0 Å². The Balaban J connectivity index is 2.51. The average molecular weight is 270 g/mol. The number of ether oxygens (including phenoxy) is 1. The highest BCUT2D eigenvalue weighted by molar-refractivity contribution is 5.86. The molecule has 1 rings (SSSR count). The molecule has 1 fully saturated rings. The van der Waals surface area contributed by atoms with Gasteiger partial charge in [0.05, 0.1) is 7.11 Å². The third-order valence-electron chi connectivity index (χ3n) is 3.87. The average Bonchev–Trinajstić information content (AvgIpc) is 2.82. The minimum Gasteiger partial charge on any atom is -0.453 e. The second-order valence-electron chi connectivity index (χ2n) is 5.65. The maximum atomic E-state index is 12.2. The first-order chi connectivity index (χ1) is 8.97.